The molecule has 0 N–H and O–H groups in total. The molecule has 0 bridgehead atoms. The lowest BCUT2D eigenvalue weighted by atomic mass is 9.97. The highest BCUT2D eigenvalue weighted by Gasteiger charge is 2.18. The molecule has 10 aromatic rings. The van der Waals surface area contributed by atoms with E-state index in [4.69, 9.17) is 26.2 Å². The van der Waals surface area contributed by atoms with Crippen molar-refractivity contribution in [2.24, 2.45) is 0 Å². The molecule has 10 rings (SSSR count). The predicted molar refractivity (Wildman–Crippen MR) is 207 cm³/mol. The van der Waals surface area contributed by atoms with Gasteiger partial charge in [0, 0.05) is 53.2 Å². The highest BCUT2D eigenvalue weighted by Crippen LogP contribution is 2.44. The lowest BCUT2D eigenvalue weighted by Crippen LogP contribution is -2.00. The van der Waals surface area contributed by atoms with E-state index in [2.05, 4.69) is 54.6 Å². The fourth-order valence-corrected chi connectivity index (χ4v) is 7.91. The second kappa shape index (κ2) is 11.6. The SMILES string of the molecule is [2H]c1c([2H])c([2H])c(-c2ccc(-c3nc(-c4ccccc4)nc(-c4ccc5c(c4)oc4cccc(-c6cccc7c6sc6ccccc67)c45)n3)cc2)c([2H])c1[2H]. The summed E-state index contributed by atoms with van der Waals surface area (Å²) in [5.74, 6) is 1.40. The fraction of sp³-hybridized carbons (Fsp3) is 0. The van der Waals surface area contributed by atoms with Gasteiger partial charge < -0.3 is 4.42 Å². The van der Waals surface area contributed by atoms with Gasteiger partial charge in [0.05, 0.1) is 6.85 Å². The third kappa shape index (κ3) is 4.79. The summed E-state index contributed by atoms with van der Waals surface area (Å²) >= 11 is 1.81. The number of benzene rings is 7. The van der Waals surface area contributed by atoms with E-state index in [1.165, 1.54) is 25.7 Å². The topological polar surface area (TPSA) is 51.8 Å². The third-order valence-corrected chi connectivity index (χ3v) is 10.3. The molecule has 50 heavy (non-hydrogen) atoms. The number of rotatable bonds is 5. The first-order valence-electron chi connectivity index (χ1n) is 18.7. The number of furan rings is 1. The zero-order valence-corrected chi connectivity index (χ0v) is 27.2. The van der Waals surface area contributed by atoms with Gasteiger partial charge in [0.2, 0.25) is 0 Å². The average molecular weight is 663 g/mol. The first-order chi connectivity index (χ1) is 26.8. The van der Waals surface area contributed by atoms with Crippen LogP contribution in [0.25, 0.3) is 98.5 Å². The minimum absolute atomic E-state index is 0.140. The molecule has 0 atom stereocenters. The lowest BCUT2D eigenvalue weighted by Gasteiger charge is -2.09. The quantitative estimate of drug-likeness (QED) is 0.184. The first-order valence-corrected chi connectivity index (χ1v) is 17.0. The maximum atomic E-state index is 8.43. The van der Waals surface area contributed by atoms with Gasteiger partial charge in [-0.3, -0.25) is 0 Å². The highest BCUT2D eigenvalue weighted by molar-refractivity contribution is 7.26. The van der Waals surface area contributed by atoms with Crippen LogP contribution in [-0.2, 0) is 0 Å². The van der Waals surface area contributed by atoms with Crippen molar-refractivity contribution in [1.82, 2.24) is 15.0 Å². The smallest absolute Gasteiger partial charge is 0.164 e. The van der Waals surface area contributed by atoms with Crippen LogP contribution in [0.15, 0.2) is 168 Å². The van der Waals surface area contributed by atoms with Gasteiger partial charge in [-0.25, -0.2) is 15.0 Å². The van der Waals surface area contributed by atoms with Crippen LogP contribution >= 0.6 is 11.3 Å². The molecule has 4 nitrogen and oxygen atoms in total. The van der Waals surface area contributed by atoms with Gasteiger partial charge in [-0.1, -0.05) is 139 Å². The Bertz CT molecular complexity index is 3130. The van der Waals surface area contributed by atoms with Crippen molar-refractivity contribution in [2.75, 3.05) is 0 Å². The Morgan fingerprint density at radius 1 is 0.460 bits per heavy atom. The van der Waals surface area contributed by atoms with Crippen molar-refractivity contribution in [3.63, 3.8) is 0 Å². The van der Waals surface area contributed by atoms with Crippen LogP contribution in [0.5, 0.6) is 0 Å². The maximum absolute atomic E-state index is 8.43. The van der Waals surface area contributed by atoms with E-state index in [1.807, 2.05) is 65.9 Å². The van der Waals surface area contributed by atoms with Crippen molar-refractivity contribution < 1.29 is 11.3 Å². The van der Waals surface area contributed by atoms with Crippen molar-refractivity contribution in [3.05, 3.63) is 164 Å². The third-order valence-electron chi connectivity index (χ3n) is 9.05. The van der Waals surface area contributed by atoms with Gasteiger partial charge in [0.25, 0.3) is 0 Å². The molecule has 0 spiro atoms. The first kappa shape index (κ1) is 23.8. The Morgan fingerprint density at radius 2 is 1.10 bits per heavy atom. The molecule has 0 unspecified atom stereocenters. The zero-order chi connectivity index (χ0) is 37.4. The number of hydrogen-bond donors (Lipinski definition) is 0. The molecule has 0 aliphatic heterocycles. The zero-order valence-electron chi connectivity index (χ0n) is 31.4. The summed E-state index contributed by atoms with van der Waals surface area (Å²) in [7, 11) is 0. The highest BCUT2D eigenvalue weighted by atomic mass is 32.1. The van der Waals surface area contributed by atoms with Crippen LogP contribution in [0.3, 0.4) is 0 Å². The van der Waals surface area contributed by atoms with Gasteiger partial charge in [-0.05, 0) is 41.0 Å². The predicted octanol–water partition coefficient (Wildman–Crippen LogP) is 12.5. The molecule has 0 saturated carbocycles. The van der Waals surface area contributed by atoms with Gasteiger partial charge in [0.15, 0.2) is 17.5 Å². The summed E-state index contributed by atoms with van der Waals surface area (Å²) in [4.78, 5) is 14.7. The molecular formula is C45H27N3OS. The maximum Gasteiger partial charge on any atom is 0.164 e. The molecule has 3 heterocycles. The van der Waals surface area contributed by atoms with Crippen LogP contribution < -0.4 is 0 Å². The van der Waals surface area contributed by atoms with E-state index >= 15 is 0 Å². The van der Waals surface area contributed by atoms with E-state index < -0.39 is 6.04 Å². The van der Waals surface area contributed by atoms with Gasteiger partial charge in [0.1, 0.15) is 11.2 Å². The van der Waals surface area contributed by atoms with Gasteiger partial charge >= 0.3 is 0 Å². The molecule has 0 amide bonds. The number of aromatic nitrogens is 3. The van der Waals surface area contributed by atoms with Gasteiger partial charge in [-0.15, -0.1) is 11.3 Å². The molecule has 0 fully saturated rings. The van der Waals surface area contributed by atoms with Crippen LogP contribution in [0.1, 0.15) is 6.85 Å². The molecule has 5 heteroatoms. The van der Waals surface area contributed by atoms with Gasteiger partial charge in [-0.2, -0.15) is 0 Å². The molecule has 234 valence electrons. The summed E-state index contributed by atoms with van der Waals surface area (Å²) in [5, 5.41) is 4.55. The minimum atomic E-state index is -0.424. The Labute approximate surface area is 299 Å². The second-order valence-electron chi connectivity index (χ2n) is 12.0. The average Bonchev–Trinajstić information content (AvgIpc) is 3.81. The molecule has 0 radical (unpaired) electrons. The summed E-state index contributed by atoms with van der Waals surface area (Å²) in [5.41, 5.74) is 6.70. The van der Waals surface area contributed by atoms with E-state index in [0.29, 0.717) is 28.6 Å². The number of hydrogen-bond acceptors (Lipinski definition) is 5. The van der Waals surface area contributed by atoms with Crippen LogP contribution in [0.2, 0.25) is 0 Å². The van der Waals surface area contributed by atoms with E-state index in [0.717, 1.165) is 38.6 Å². The Morgan fingerprint density at radius 3 is 1.92 bits per heavy atom. The number of thiophene rings is 1. The van der Waals surface area contributed by atoms with Crippen molar-refractivity contribution >= 4 is 53.4 Å². The van der Waals surface area contributed by atoms with Crippen molar-refractivity contribution in [3.8, 4) is 56.4 Å². The summed E-state index contributed by atoms with van der Waals surface area (Å²) in [6, 6.07) is 42.4. The normalized spacial score (nSPS) is 13.0. The summed E-state index contributed by atoms with van der Waals surface area (Å²) < 4.78 is 50.1. The Kier molecular flexibility index (Phi) is 5.54. The summed E-state index contributed by atoms with van der Waals surface area (Å²) in [6.45, 7) is 0. The van der Waals surface area contributed by atoms with Crippen molar-refractivity contribution in [1.29, 1.82) is 0 Å². The molecular weight excluding hydrogens is 631 g/mol. The second-order valence-corrected chi connectivity index (χ2v) is 13.1. The molecule has 7 aromatic carbocycles. The molecule has 0 aliphatic carbocycles. The standard InChI is InChI=1S/C45H27N3OS/c1-3-11-28(12-4-1)29-21-23-31(24-22-29)44-46-43(30-13-5-2-6-14-30)47-45(48-44)32-25-26-37-39(27-32)49-38-19-10-16-34(41(37)38)36-18-9-17-35-33-15-7-8-20-40(33)50-42(35)36/h1-27H/i1D,3D,4D,11D,12D. The van der Waals surface area contributed by atoms with E-state index in [9.17, 15) is 0 Å². The molecule has 3 aromatic heterocycles. The fourth-order valence-electron chi connectivity index (χ4n) is 6.68. The van der Waals surface area contributed by atoms with Crippen LogP contribution in [-0.4, -0.2) is 15.0 Å². The van der Waals surface area contributed by atoms with Crippen molar-refractivity contribution in [2.45, 2.75) is 0 Å². The lowest BCUT2D eigenvalue weighted by molar-refractivity contribution is 0.669. The molecule has 0 aliphatic rings. The van der Waals surface area contributed by atoms with E-state index in [1.54, 1.807) is 24.3 Å². The minimum Gasteiger partial charge on any atom is -0.456 e. The van der Waals surface area contributed by atoms with Crippen LogP contribution in [0.4, 0.5) is 0 Å². The van der Waals surface area contributed by atoms with E-state index in [-0.39, 0.29) is 29.7 Å². The summed E-state index contributed by atoms with van der Waals surface area (Å²) in [6.07, 6.45) is 0. The number of fused-ring (bicyclic) bond motifs is 6. The van der Waals surface area contributed by atoms with Crippen LogP contribution in [0, 0.1) is 0 Å². The monoisotopic (exact) mass is 662 g/mol. The molecule has 0 saturated heterocycles. The Hall–Kier alpha value is -6.43. The Balaban J connectivity index is 1.10. The number of nitrogens with zero attached hydrogens (tertiary/aromatic N) is 3. The largest absolute Gasteiger partial charge is 0.456 e.